The molecule has 1 unspecified atom stereocenters. The van der Waals surface area contributed by atoms with Gasteiger partial charge < -0.3 is 15.0 Å². The lowest BCUT2D eigenvalue weighted by atomic mass is 10.1. The molecule has 9 heteroatoms. The number of halogens is 1. The molecule has 0 aliphatic carbocycles. The van der Waals surface area contributed by atoms with Crippen molar-refractivity contribution in [3.8, 4) is 0 Å². The fourth-order valence-corrected chi connectivity index (χ4v) is 3.63. The quantitative estimate of drug-likeness (QED) is 0.553. The molecule has 162 valence electrons. The predicted molar refractivity (Wildman–Crippen MR) is 117 cm³/mol. The highest BCUT2D eigenvalue weighted by Crippen LogP contribution is 2.21. The molecule has 0 fully saturated rings. The zero-order valence-electron chi connectivity index (χ0n) is 17.2. The molecule has 2 aromatic carbocycles. The Bertz CT molecular complexity index is 1030. The Balaban J connectivity index is 1.52. The summed E-state index contributed by atoms with van der Waals surface area (Å²) < 4.78 is 18.6. The van der Waals surface area contributed by atoms with Crippen molar-refractivity contribution in [1.29, 1.82) is 0 Å². The molecule has 3 aromatic rings. The fourth-order valence-electron chi connectivity index (χ4n) is 2.94. The van der Waals surface area contributed by atoms with Gasteiger partial charge in [-0.2, -0.15) is 0 Å². The molecule has 0 bridgehead atoms. The van der Waals surface area contributed by atoms with Gasteiger partial charge in [0.25, 0.3) is 5.91 Å². The van der Waals surface area contributed by atoms with Gasteiger partial charge in [0.05, 0.1) is 12.2 Å². The van der Waals surface area contributed by atoms with Crippen LogP contribution >= 0.6 is 11.3 Å². The third-order valence-corrected chi connectivity index (χ3v) is 5.26. The van der Waals surface area contributed by atoms with Crippen LogP contribution in [0.15, 0.2) is 60.0 Å². The zero-order valence-corrected chi connectivity index (χ0v) is 18.0. The number of anilines is 1. The number of aromatic nitrogens is 1. The zero-order chi connectivity index (χ0) is 22.2. The van der Waals surface area contributed by atoms with Crippen LogP contribution in [-0.4, -0.2) is 36.0 Å². The largest absolute Gasteiger partial charge is 0.367 e. The van der Waals surface area contributed by atoms with Crippen LogP contribution in [-0.2, 0) is 22.6 Å². The molecule has 1 aromatic heterocycles. The molecule has 1 heterocycles. The van der Waals surface area contributed by atoms with Crippen molar-refractivity contribution in [2.45, 2.75) is 19.2 Å². The van der Waals surface area contributed by atoms with E-state index in [-0.39, 0.29) is 24.8 Å². The summed E-state index contributed by atoms with van der Waals surface area (Å²) in [5.41, 5.74) is 2.07. The summed E-state index contributed by atoms with van der Waals surface area (Å²) in [5.74, 6) is -0.546. The minimum Gasteiger partial charge on any atom is -0.367 e. The Morgan fingerprint density at radius 2 is 1.97 bits per heavy atom. The summed E-state index contributed by atoms with van der Waals surface area (Å²) in [6, 6.07) is 14.8. The lowest BCUT2D eigenvalue weighted by Crippen LogP contribution is -2.32. The number of hydrogen-bond donors (Lipinski definition) is 2. The standard InChI is InChI=1S/C22H23FN4O3S/c1-27(20(28)19(30-2)16-8-4-3-5-9-16)13-18-14-31-22(25-18)26-21(29)24-12-15-7-6-10-17(23)11-15/h3-11,14,19H,12-13H2,1-2H3,(H2,24,25,26,29). The van der Waals surface area contributed by atoms with Crippen LogP contribution in [0.4, 0.5) is 14.3 Å². The smallest absolute Gasteiger partial charge is 0.321 e. The highest BCUT2D eigenvalue weighted by molar-refractivity contribution is 7.13. The number of nitrogens with one attached hydrogen (secondary N) is 2. The van der Waals surface area contributed by atoms with Crippen molar-refractivity contribution in [3.63, 3.8) is 0 Å². The van der Waals surface area contributed by atoms with Gasteiger partial charge in [-0.1, -0.05) is 42.5 Å². The number of nitrogens with zero attached hydrogens (tertiary/aromatic N) is 2. The van der Waals surface area contributed by atoms with E-state index in [1.165, 1.54) is 35.5 Å². The lowest BCUT2D eigenvalue weighted by molar-refractivity contribution is -0.141. The van der Waals surface area contributed by atoms with E-state index in [2.05, 4.69) is 15.6 Å². The van der Waals surface area contributed by atoms with Gasteiger partial charge in [-0.05, 0) is 23.3 Å². The third-order valence-electron chi connectivity index (χ3n) is 4.45. The van der Waals surface area contributed by atoms with Crippen molar-refractivity contribution >= 4 is 28.4 Å². The molecule has 31 heavy (non-hydrogen) atoms. The van der Waals surface area contributed by atoms with Gasteiger partial charge in [0, 0.05) is 26.1 Å². The Labute approximate surface area is 183 Å². The Morgan fingerprint density at radius 3 is 2.68 bits per heavy atom. The second-order valence-electron chi connectivity index (χ2n) is 6.80. The van der Waals surface area contributed by atoms with Gasteiger partial charge >= 0.3 is 6.03 Å². The molecule has 3 rings (SSSR count). The van der Waals surface area contributed by atoms with Crippen LogP contribution in [0.1, 0.15) is 22.9 Å². The maximum Gasteiger partial charge on any atom is 0.321 e. The SMILES string of the molecule is COC(C(=O)N(C)Cc1csc(NC(=O)NCc2cccc(F)c2)n1)c1ccccc1. The number of methoxy groups -OCH3 is 1. The molecule has 7 nitrogen and oxygen atoms in total. The Kier molecular flexibility index (Phi) is 7.69. The summed E-state index contributed by atoms with van der Waals surface area (Å²) in [6.07, 6.45) is -0.698. The van der Waals surface area contributed by atoms with Crippen molar-refractivity contribution < 1.29 is 18.7 Å². The van der Waals surface area contributed by atoms with E-state index in [4.69, 9.17) is 4.74 Å². The van der Waals surface area contributed by atoms with Gasteiger partial charge in [-0.3, -0.25) is 10.1 Å². The molecule has 1 atom stereocenters. The van der Waals surface area contributed by atoms with Crippen molar-refractivity contribution in [2.24, 2.45) is 0 Å². The first-order chi connectivity index (χ1) is 15.0. The van der Waals surface area contributed by atoms with E-state index in [0.29, 0.717) is 16.4 Å². The highest BCUT2D eigenvalue weighted by Gasteiger charge is 2.24. The van der Waals surface area contributed by atoms with Crippen LogP contribution in [0.2, 0.25) is 0 Å². The Hall–Kier alpha value is -3.30. The van der Waals surface area contributed by atoms with Crippen LogP contribution in [0.25, 0.3) is 0 Å². The number of carbonyl (C=O) groups excluding carboxylic acids is 2. The average Bonchev–Trinajstić information content (AvgIpc) is 3.20. The van der Waals surface area contributed by atoms with E-state index >= 15 is 0 Å². The first-order valence-electron chi connectivity index (χ1n) is 9.52. The number of amides is 3. The maximum absolute atomic E-state index is 13.2. The van der Waals surface area contributed by atoms with Crippen LogP contribution in [0, 0.1) is 5.82 Å². The summed E-state index contributed by atoms with van der Waals surface area (Å²) in [5, 5.41) is 7.47. The molecular weight excluding hydrogens is 419 g/mol. The van der Waals surface area contributed by atoms with Gasteiger partial charge in [0.15, 0.2) is 11.2 Å². The van der Waals surface area contributed by atoms with Crippen LogP contribution in [0.5, 0.6) is 0 Å². The van der Waals surface area contributed by atoms with E-state index < -0.39 is 12.1 Å². The van der Waals surface area contributed by atoms with E-state index in [1.807, 2.05) is 30.3 Å². The van der Waals surface area contributed by atoms with E-state index in [0.717, 1.165) is 5.56 Å². The number of likely N-dealkylation sites (N-methyl/N-ethyl adjacent to an activating group) is 1. The fraction of sp³-hybridized carbons (Fsp3) is 0.227. The maximum atomic E-state index is 13.2. The van der Waals surface area contributed by atoms with Gasteiger partial charge in [-0.25, -0.2) is 14.2 Å². The molecular formula is C22H23FN4O3S. The van der Waals surface area contributed by atoms with Crippen LogP contribution in [0.3, 0.4) is 0 Å². The van der Waals surface area contributed by atoms with Crippen LogP contribution < -0.4 is 10.6 Å². The summed E-state index contributed by atoms with van der Waals surface area (Å²) in [6.45, 7) is 0.464. The summed E-state index contributed by atoms with van der Waals surface area (Å²) in [4.78, 5) is 30.7. The predicted octanol–water partition coefficient (Wildman–Crippen LogP) is 3.95. The number of hydrogen-bond acceptors (Lipinski definition) is 5. The number of urea groups is 1. The van der Waals surface area contributed by atoms with Crippen molar-refractivity contribution in [2.75, 3.05) is 19.5 Å². The second kappa shape index (κ2) is 10.6. The third kappa shape index (κ3) is 6.34. The number of rotatable bonds is 8. The molecule has 0 aliphatic heterocycles. The number of thiazole rings is 1. The highest BCUT2D eigenvalue weighted by atomic mass is 32.1. The molecule has 0 radical (unpaired) electrons. The molecule has 0 saturated carbocycles. The van der Waals surface area contributed by atoms with Crippen molar-refractivity contribution in [1.82, 2.24) is 15.2 Å². The molecule has 3 amide bonds. The minimum absolute atomic E-state index is 0.191. The number of ether oxygens (including phenoxy) is 1. The molecule has 0 aliphatic rings. The molecule has 0 spiro atoms. The summed E-state index contributed by atoms with van der Waals surface area (Å²) >= 11 is 1.25. The monoisotopic (exact) mass is 442 g/mol. The Morgan fingerprint density at radius 1 is 1.19 bits per heavy atom. The lowest BCUT2D eigenvalue weighted by Gasteiger charge is -2.22. The van der Waals surface area contributed by atoms with Crippen molar-refractivity contribution in [3.05, 3.63) is 82.6 Å². The first kappa shape index (κ1) is 22.4. The first-order valence-corrected chi connectivity index (χ1v) is 10.4. The molecule has 0 saturated heterocycles. The second-order valence-corrected chi connectivity index (χ2v) is 7.66. The van der Waals surface area contributed by atoms with E-state index in [9.17, 15) is 14.0 Å². The summed E-state index contributed by atoms with van der Waals surface area (Å²) in [7, 11) is 3.17. The normalized spacial score (nSPS) is 11.6. The topological polar surface area (TPSA) is 83.6 Å². The van der Waals surface area contributed by atoms with Gasteiger partial charge in [-0.15, -0.1) is 11.3 Å². The number of carbonyl (C=O) groups is 2. The van der Waals surface area contributed by atoms with E-state index in [1.54, 1.807) is 24.6 Å². The minimum atomic E-state index is -0.698. The van der Waals surface area contributed by atoms with Gasteiger partial charge in [0.2, 0.25) is 0 Å². The number of benzene rings is 2. The molecule has 2 N–H and O–H groups in total. The van der Waals surface area contributed by atoms with Gasteiger partial charge in [0.1, 0.15) is 5.82 Å². The average molecular weight is 443 g/mol.